The second kappa shape index (κ2) is 9.04. The number of carbonyl (C=O) groups is 1. The number of nitriles is 1. The minimum atomic E-state index is -0.0413. The number of H-pyrrole nitrogens is 1. The number of aromatic nitrogens is 4. The summed E-state index contributed by atoms with van der Waals surface area (Å²) in [6.45, 7) is 6.57. The number of nitrogens with zero attached hydrogens (tertiary/aromatic N) is 4. The van der Waals surface area contributed by atoms with Crippen molar-refractivity contribution in [2.24, 2.45) is 23.7 Å². The Labute approximate surface area is 182 Å². The van der Waals surface area contributed by atoms with Gasteiger partial charge in [-0.25, -0.2) is 9.97 Å². The first-order valence-electron chi connectivity index (χ1n) is 11.2. The molecule has 4 rings (SSSR count). The lowest BCUT2D eigenvalue weighted by Crippen LogP contribution is -2.28. The van der Waals surface area contributed by atoms with Crippen molar-refractivity contribution >= 4 is 17.6 Å². The second-order valence-electron chi connectivity index (χ2n) is 9.31. The van der Waals surface area contributed by atoms with E-state index in [9.17, 15) is 4.79 Å². The van der Waals surface area contributed by atoms with Gasteiger partial charge in [-0.15, -0.1) is 0 Å². The average Bonchev–Trinajstić information content (AvgIpc) is 3.48. The monoisotopic (exact) mass is 422 g/mol. The van der Waals surface area contributed by atoms with Crippen molar-refractivity contribution < 1.29 is 9.53 Å². The molecule has 6 atom stereocenters. The lowest BCUT2D eigenvalue weighted by Gasteiger charge is -2.23. The molecule has 8 heteroatoms. The van der Waals surface area contributed by atoms with E-state index < -0.39 is 0 Å². The van der Waals surface area contributed by atoms with E-state index >= 15 is 0 Å². The Morgan fingerprint density at radius 3 is 2.77 bits per heavy atom. The quantitative estimate of drug-likeness (QED) is 0.666. The maximum Gasteiger partial charge on any atom is 0.309 e. The van der Waals surface area contributed by atoms with Crippen LogP contribution >= 0.6 is 0 Å². The number of esters is 1. The summed E-state index contributed by atoms with van der Waals surface area (Å²) in [6.07, 6.45) is 7.85. The summed E-state index contributed by atoms with van der Waals surface area (Å²) in [6, 6.07) is 3.90. The molecule has 2 aliphatic carbocycles. The van der Waals surface area contributed by atoms with Gasteiger partial charge >= 0.3 is 5.97 Å². The molecule has 0 aromatic carbocycles. The molecular weight excluding hydrogens is 392 g/mol. The number of ether oxygens (including phenoxy) is 1. The fourth-order valence-electron chi connectivity index (χ4n) is 5.26. The number of hydrogen-bond donors (Lipinski definition) is 2. The molecule has 2 N–H and O–H groups in total. The van der Waals surface area contributed by atoms with Gasteiger partial charge in [-0.1, -0.05) is 20.8 Å². The normalized spacial score (nSPS) is 28.8. The van der Waals surface area contributed by atoms with Crippen LogP contribution in [0.1, 0.15) is 70.2 Å². The Morgan fingerprint density at radius 1 is 1.26 bits per heavy atom. The Bertz CT molecular complexity index is 950. The van der Waals surface area contributed by atoms with Crippen molar-refractivity contribution in [3.63, 3.8) is 0 Å². The Hall–Kier alpha value is -2.95. The van der Waals surface area contributed by atoms with E-state index in [0.29, 0.717) is 29.4 Å². The van der Waals surface area contributed by atoms with Crippen LogP contribution < -0.4 is 5.32 Å². The van der Waals surface area contributed by atoms with E-state index in [-0.39, 0.29) is 29.6 Å². The van der Waals surface area contributed by atoms with Crippen LogP contribution in [0.4, 0.5) is 11.6 Å². The van der Waals surface area contributed by atoms with Crippen LogP contribution in [0.25, 0.3) is 0 Å². The SMILES string of the molecule is CC(C(=O)O[C@@H]1CC[C@H](c2cc(Nc3cnc(C#N)cn3)[nH]n2)C1)C1C[C@H](C)C[C@H]1C. The first-order valence-corrected chi connectivity index (χ1v) is 11.2. The molecule has 2 unspecified atom stereocenters. The van der Waals surface area contributed by atoms with Crippen LogP contribution in [0.5, 0.6) is 0 Å². The lowest BCUT2D eigenvalue weighted by molar-refractivity contribution is -0.155. The van der Waals surface area contributed by atoms with Crippen molar-refractivity contribution in [1.29, 1.82) is 5.26 Å². The van der Waals surface area contributed by atoms with Gasteiger partial charge in [0.15, 0.2) is 5.69 Å². The van der Waals surface area contributed by atoms with E-state index in [1.54, 1.807) is 0 Å². The molecule has 2 aliphatic rings. The first kappa shape index (κ1) is 21.3. The molecule has 2 heterocycles. The van der Waals surface area contributed by atoms with Gasteiger partial charge in [-0.3, -0.25) is 9.89 Å². The van der Waals surface area contributed by atoms with Crippen molar-refractivity contribution in [3.05, 3.63) is 29.8 Å². The molecule has 0 aliphatic heterocycles. The van der Waals surface area contributed by atoms with Gasteiger partial charge in [0.05, 0.1) is 24.0 Å². The van der Waals surface area contributed by atoms with Crippen molar-refractivity contribution in [3.8, 4) is 6.07 Å². The predicted molar refractivity (Wildman–Crippen MR) is 115 cm³/mol. The molecule has 8 nitrogen and oxygen atoms in total. The third-order valence-electron chi connectivity index (χ3n) is 6.91. The topological polar surface area (TPSA) is 117 Å². The van der Waals surface area contributed by atoms with E-state index in [1.807, 2.05) is 19.1 Å². The standard InChI is InChI=1S/C23H30N6O2/c1-13-6-14(2)19(7-13)15(3)23(30)31-18-5-4-16(8-18)20-9-21(29-28-20)27-22-12-25-17(10-24)11-26-22/h9,11-16,18-19H,4-8H2,1-3H3,(H2,26,27,28,29)/t13-,14-,15?,16+,18-,19?/m1/s1. The smallest absolute Gasteiger partial charge is 0.309 e. The summed E-state index contributed by atoms with van der Waals surface area (Å²) in [5.74, 6) is 3.16. The van der Waals surface area contributed by atoms with Crippen LogP contribution in [0, 0.1) is 35.0 Å². The number of hydrogen-bond acceptors (Lipinski definition) is 7. The van der Waals surface area contributed by atoms with Gasteiger partial charge in [0, 0.05) is 12.0 Å². The fourth-order valence-corrected chi connectivity index (χ4v) is 5.26. The lowest BCUT2D eigenvalue weighted by atomic mass is 9.86. The zero-order valence-electron chi connectivity index (χ0n) is 18.3. The summed E-state index contributed by atoms with van der Waals surface area (Å²) in [5, 5.41) is 19.3. The van der Waals surface area contributed by atoms with E-state index in [0.717, 1.165) is 31.4 Å². The zero-order chi connectivity index (χ0) is 22.0. The molecule has 2 aromatic heterocycles. The summed E-state index contributed by atoms with van der Waals surface area (Å²) in [4.78, 5) is 20.9. The maximum absolute atomic E-state index is 12.7. The molecule has 164 valence electrons. The van der Waals surface area contributed by atoms with Gasteiger partial charge in [-0.2, -0.15) is 10.4 Å². The highest BCUT2D eigenvalue weighted by Gasteiger charge is 2.38. The second-order valence-corrected chi connectivity index (χ2v) is 9.31. The summed E-state index contributed by atoms with van der Waals surface area (Å²) in [7, 11) is 0. The van der Waals surface area contributed by atoms with E-state index in [1.165, 1.54) is 18.8 Å². The Balaban J connectivity index is 1.30. The predicted octanol–water partition coefficient (Wildman–Crippen LogP) is 4.31. The van der Waals surface area contributed by atoms with Gasteiger partial charge in [0.1, 0.15) is 23.8 Å². The molecule has 2 fully saturated rings. The molecule has 2 aromatic rings. The van der Waals surface area contributed by atoms with Gasteiger partial charge in [0.25, 0.3) is 0 Å². The molecule has 2 saturated carbocycles. The number of anilines is 2. The highest BCUT2D eigenvalue weighted by Crippen LogP contribution is 2.42. The van der Waals surface area contributed by atoms with Crippen LogP contribution in [-0.2, 0) is 9.53 Å². The minimum absolute atomic E-state index is 0.0336. The van der Waals surface area contributed by atoms with Crippen molar-refractivity contribution in [1.82, 2.24) is 20.2 Å². The van der Waals surface area contributed by atoms with Crippen LogP contribution in [0.3, 0.4) is 0 Å². The molecule has 0 radical (unpaired) electrons. The Kier molecular flexibility index (Phi) is 6.21. The maximum atomic E-state index is 12.7. The number of rotatable bonds is 6. The molecule has 0 spiro atoms. The summed E-state index contributed by atoms with van der Waals surface area (Å²) in [5.41, 5.74) is 1.22. The van der Waals surface area contributed by atoms with Crippen molar-refractivity contribution in [2.45, 2.75) is 64.9 Å². The highest BCUT2D eigenvalue weighted by molar-refractivity contribution is 5.72. The highest BCUT2D eigenvalue weighted by atomic mass is 16.5. The number of nitrogens with one attached hydrogen (secondary N) is 2. The molecule has 0 amide bonds. The van der Waals surface area contributed by atoms with Gasteiger partial charge in [-0.05, 0) is 49.9 Å². The largest absolute Gasteiger partial charge is 0.462 e. The van der Waals surface area contributed by atoms with E-state index in [4.69, 9.17) is 10.00 Å². The van der Waals surface area contributed by atoms with Crippen LogP contribution in [0.15, 0.2) is 18.5 Å². The molecule has 0 bridgehead atoms. The zero-order valence-corrected chi connectivity index (χ0v) is 18.3. The van der Waals surface area contributed by atoms with E-state index in [2.05, 4.69) is 39.3 Å². The number of carbonyl (C=O) groups excluding carboxylic acids is 1. The number of aromatic amines is 1. The Morgan fingerprint density at radius 2 is 2.10 bits per heavy atom. The minimum Gasteiger partial charge on any atom is -0.462 e. The first-order chi connectivity index (χ1) is 14.9. The third-order valence-corrected chi connectivity index (χ3v) is 6.91. The van der Waals surface area contributed by atoms with Crippen LogP contribution in [-0.4, -0.2) is 32.2 Å². The van der Waals surface area contributed by atoms with Crippen molar-refractivity contribution in [2.75, 3.05) is 5.32 Å². The summed E-state index contributed by atoms with van der Waals surface area (Å²) >= 11 is 0. The molecule has 0 saturated heterocycles. The molecule has 31 heavy (non-hydrogen) atoms. The van der Waals surface area contributed by atoms with Crippen LogP contribution in [0.2, 0.25) is 0 Å². The average molecular weight is 423 g/mol. The third kappa shape index (κ3) is 4.87. The van der Waals surface area contributed by atoms with Gasteiger partial charge in [0.2, 0.25) is 0 Å². The summed E-state index contributed by atoms with van der Waals surface area (Å²) < 4.78 is 5.91. The fraction of sp³-hybridized carbons (Fsp3) is 0.609. The molecular formula is C23H30N6O2. The van der Waals surface area contributed by atoms with Gasteiger partial charge < -0.3 is 10.1 Å².